The van der Waals surface area contributed by atoms with Crippen molar-refractivity contribution in [3.63, 3.8) is 0 Å². The SMILES string of the molecule is CCc1ccccc1OCNC(=O)Nc1ccc(Cl)cc1C. The molecule has 0 saturated carbocycles. The van der Waals surface area contributed by atoms with E-state index < -0.39 is 0 Å². The van der Waals surface area contributed by atoms with E-state index in [4.69, 9.17) is 16.3 Å². The van der Waals surface area contributed by atoms with Crippen LogP contribution < -0.4 is 15.4 Å². The molecule has 0 aliphatic rings. The Bertz CT molecular complexity index is 659. The first-order valence-corrected chi connectivity index (χ1v) is 7.49. The first kappa shape index (κ1) is 16.2. The Morgan fingerprint density at radius 3 is 2.73 bits per heavy atom. The number of carbonyl (C=O) groups is 1. The highest BCUT2D eigenvalue weighted by atomic mass is 35.5. The number of benzene rings is 2. The van der Waals surface area contributed by atoms with Crippen LogP contribution in [0.2, 0.25) is 5.02 Å². The maximum atomic E-state index is 11.9. The lowest BCUT2D eigenvalue weighted by molar-refractivity contribution is 0.234. The molecule has 2 rings (SSSR count). The average molecular weight is 319 g/mol. The molecule has 0 bridgehead atoms. The Labute approximate surface area is 135 Å². The molecule has 116 valence electrons. The molecule has 0 aliphatic carbocycles. The van der Waals surface area contributed by atoms with Crippen molar-refractivity contribution in [2.24, 2.45) is 0 Å². The normalized spacial score (nSPS) is 10.1. The Morgan fingerprint density at radius 1 is 1.23 bits per heavy atom. The van der Waals surface area contributed by atoms with Crippen molar-refractivity contribution in [1.82, 2.24) is 5.32 Å². The van der Waals surface area contributed by atoms with Crippen LogP contribution >= 0.6 is 11.6 Å². The number of urea groups is 1. The van der Waals surface area contributed by atoms with E-state index >= 15 is 0 Å². The molecular weight excluding hydrogens is 300 g/mol. The highest BCUT2D eigenvalue weighted by molar-refractivity contribution is 6.30. The van der Waals surface area contributed by atoms with Crippen molar-refractivity contribution in [1.29, 1.82) is 0 Å². The Hall–Kier alpha value is -2.20. The quantitative estimate of drug-likeness (QED) is 0.804. The molecule has 5 heteroatoms. The number of ether oxygens (including phenoxy) is 1. The number of carbonyl (C=O) groups excluding carboxylic acids is 1. The number of hydrogen-bond donors (Lipinski definition) is 2. The molecule has 0 fully saturated rings. The van der Waals surface area contributed by atoms with E-state index in [0.29, 0.717) is 5.02 Å². The topological polar surface area (TPSA) is 50.4 Å². The van der Waals surface area contributed by atoms with Crippen LogP contribution in [0.1, 0.15) is 18.1 Å². The zero-order chi connectivity index (χ0) is 15.9. The van der Waals surface area contributed by atoms with Gasteiger partial charge in [0.2, 0.25) is 0 Å². The molecule has 4 nitrogen and oxygen atoms in total. The van der Waals surface area contributed by atoms with E-state index in [1.807, 2.05) is 31.2 Å². The maximum Gasteiger partial charge on any atom is 0.321 e. The van der Waals surface area contributed by atoms with Gasteiger partial charge in [0.25, 0.3) is 0 Å². The van der Waals surface area contributed by atoms with Crippen molar-refractivity contribution in [2.75, 3.05) is 12.0 Å². The molecule has 2 N–H and O–H groups in total. The van der Waals surface area contributed by atoms with Crippen molar-refractivity contribution >= 4 is 23.3 Å². The standard InChI is InChI=1S/C17H19ClN2O2/c1-3-13-6-4-5-7-16(13)22-11-19-17(21)20-15-9-8-14(18)10-12(15)2/h4-10H,3,11H2,1-2H3,(H2,19,20,21). The molecule has 0 atom stereocenters. The zero-order valence-corrected chi connectivity index (χ0v) is 13.4. The largest absolute Gasteiger partial charge is 0.473 e. The molecule has 0 radical (unpaired) electrons. The summed E-state index contributed by atoms with van der Waals surface area (Å²) in [5.41, 5.74) is 2.73. The minimum Gasteiger partial charge on any atom is -0.473 e. The lowest BCUT2D eigenvalue weighted by Gasteiger charge is -2.12. The number of aryl methyl sites for hydroxylation is 2. The van der Waals surface area contributed by atoms with Gasteiger partial charge in [-0.15, -0.1) is 0 Å². The predicted octanol–water partition coefficient (Wildman–Crippen LogP) is 4.37. The van der Waals surface area contributed by atoms with Gasteiger partial charge in [0.1, 0.15) is 5.75 Å². The molecular formula is C17H19ClN2O2. The van der Waals surface area contributed by atoms with Crippen LogP contribution in [0.5, 0.6) is 5.75 Å². The third kappa shape index (κ3) is 4.40. The highest BCUT2D eigenvalue weighted by Gasteiger charge is 2.05. The van der Waals surface area contributed by atoms with E-state index in [9.17, 15) is 4.79 Å². The van der Waals surface area contributed by atoms with Crippen LogP contribution in [0.3, 0.4) is 0 Å². The number of rotatable bonds is 5. The summed E-state index contributed by atoms with van der Waals surface area (Å²) in [7, 11) is 0. The zero-order valence-electron chi connectivity index (χ0n) is 12.7. The summed E-state index contributed by atoms with van der Waals surface area (Å²) in [6.07, 6.45) is 0.881. The number of nitrogens with one attached hydrogen (secondary N) is 2. The summed E-state index contributed by atoms with van der Waals surface area (Å²) in [6, 6.07) is 12.8. The molecule has 0 aliphatic heterocycles. The molecule has 0 heterocycles. The lowest BCUT2D eigenvalue weighted by atomic mass is 10.1. The average Bonchev–Trinajstić information content (AvgIpc) is 2.50. The van der Waals surface area contributed by atoms with Crippen LogP contribution in [0.4, 0.5) is 10.5 Å². The van der Waals surface area contributed by atoms with Gasteiger partial charge in [-0.3, -0.25) is 0 Å². The molecule has 2 aromatic rings. The van der Waals surface area contributed by atoms with E-state index in [1.165, 1.54) is 0 Å². The van der Waals surface area contributed by atoms with E-state index in [1.54, 1.807) is 18.2 Å². The molecule has 2 amide bonds. The van der Waals surface area contributed by atoms with Crippen LogP contribution in [0, 0.1) is 6.92 Å². The van der Waals surface area contributed by atoms with Crippen LogP contribution in [-0.2, 0) is 6.42 Å². The summed E-state index contributed by atoms with van der Waals surface area (Å²) in [5.74, 6) is 0.785. The minimum absolute atomic E-state index is 0.107. The van der Waals surface area contributed by atoms with Crippen LogP contribution in [-0.4, -0.2) is 12.8 Å². The number of hydrogen-bond acceptors (Lipinski definition) is 2. The summed E-state index contributed by atoms with van der Waals surface area (Å²) >= 11 is 5.89. The first-order valence-electron chi connectivity index (χ1n) is 7.12. The van der Waals surface area contributed by atoms with Crippen molar-refractivity contribution in [3.8, 4) is 5.75 Å². The van der Waals surface area contributed by atoms with E-state index in [0.717, 1.165) is 29.0 Å². The molecule has 0 aromatic heterocycles. The van der Waals surface area contributed by atoms with Gasteiger partial charge in [0, 0.05) is 10.7 Å². The number of para-hydroxylation sites is 1. The van der Waals surface area contributed by atoms with Crippen molar-refractivity contribution in [3.05, 3.63) is 58.6 Å². The Kier molecular flexibility index (Phi) is 5.67. The monoisotopic (exact) mass is 318 g/mol. The summed E-state index contributed by atoms with van der Waals surface area (Å²) < 4.78 is 5.59. The van der Waals surface area contributed by atoms with Crippen LogP contribution in [0.15, 0.2) is 42.5 Å². The molecule has 22 heavy (non-hydrogen) atoms. The van der Waals surface area contributed by atoms with Gasteiger partial charge in [-0.1, -0.05) is 36.7 Å². The summed E-state index contributed by atoms with van der Waals surface area (Å²) in [4.78, 5) is 11.9. The molecule has 0 spiro atoms. The van der Waals surface area contributed by atoms with Gasteiger partial charge < -0.3 is 15.4 Å². The second kappa shape index (κ2) is 7.71. The van der Waals surface area contributed by atoms with Gasteiger partial charge in [-0.25, -0.2) is 4.79 Å². The van der Waals surface area contributed by atoms with Gasteiger partial charge in [0.15, 0.2) is 6.73 Å². The van der Waals surface area contributed by atoms with E-state index in [2.05, 4.69) is 17.6 Å². The predicted molar refractivity (Wildman–Crippen MR) is 89.7 cm³/mol. The second-order valence-electron chi connectivity index (χ2n) is 4.84. The number of amides is 2. The fraction of sp³-hybridized carbons (Fsp3) is 0.235. The molecule has 2 aromatic carbocycles. The van der Waals surface area contributed by atoms with Gasteiger partial charge >= 0.3 is 6.03 Å². The van der Waals surface area contributed by atoms with Crippen LogP contribution in [0.25, 0.3) is 0 Å². The Balaban J connectivity index is 1.85. The first-order chi connectivity index (χ1) is 10.6. The fourth-order valence-electron chi connectivity index (χ4n) is 2.05. The van der Waals surface area contributed by atoms with Gasteiger partial charge in [-0.05, 0) is 48.7 Å². The van der Waals surface area contributed by atoms with Gasteiger partial charge in [-0.2, -0.15) is 0 Å². The summed E-state index contributed by atoms with van der Waals surface area (Å²) in [6.45, 7) is 4.05. The van der Waals surface area contributed by atoms with E-state index in [-0.39, 0.29) is 12.8 Å². The maximum absolute atomic E-state index is 11.9. The lowest BCUT2D eigenvalue weighted by Crippen LogP contribution is -2.32. The molecule has 0 unspecified atom stereocenters. The Morgan fingerprint density at radius 2 is 2.00 bits per heavy atom. The smallest absolute Gasteiger partial charge is 0.321 e. The minimum atomic E-state index is -0.320. The van der Waals surface area contributed by atoms with Crippen molar-refractivity contribution < 1.29 is 9.53 Å². The fourth-order valence-corrected chi connectivity index (χ4v) is 2.28. The highest BCUT2D eigenvalue weighted by Crippen LogP contribution is 2.20. The number of anilines is 1. The number of halogens is 1. The van der Waals surface area contributed by atoms with Crippen molar-refractivity contribution in [2.45, 2.75) is 20.3 Å². The summed E-state index contributed by atoms with van der Waals surface area (Å²) in [5, 5.41) is 6.07. The third-order valence-electron chi connectivity index (χ3n) is 3.25. The molecule has 0 saturated heterocycles. The second-order valence-corrected chi connectivity index (χ2v) is 5.28. The third-order valence-corrected chi connectivity index (χ3v) is 3.49. The van der Waals surface area contributed by atoms with Gasteiger partial charge in [0.05, 0.1) is 0 Å².